The minimum absolute atomic E-state index is 0.198. The molecule has 3 aromatic rings. The molecule has 4 rings (SSSR count). The first-order chi connectivity index (χ1) is 15.5. The summed E-state index contributed by atoms with van der Waals surface area (Å²) >= 11 is 0. The van der Waals surface area contributed by atoms with Gasteiger partial charge in [-0.2, -0.15) is 15.1 Å². The summed E-state index contributed by atoms with van der Waals surface area (Å²) in [6.45, 7) is 9.02. The number of ether oxygens (including phenoxy) is 1. The van der Waals surface area contributed by atoms with Crippen LogP contribution in [0.4, 0.5) is 23.1 Å². The van der Waals surface area contributed by atoms with Gasteiger partial charge in [-0.25, -0.2) is 0 Å². The number of carbonyl (C=O) groups excluding carboxylic acids is 1. The van der Waals surface area contributed by atoms with E-state index in [1.165, 1.54) is 6.08 Å². The molecule has 1 aliphatic heterocycles. The van der Waals surface area contributed by atoms with Crippen LogP contribution in [0, 0.1) is 6.92 Å². The predicted molar refractivity (Wildman–Crippen MR) is 124 cm³/mol. The summed E-state index contributed by atoms with van der Waals surface area (Å²) in [5.41, 5.74) is 1.53. The van der Waals surface area contributed by atoms with Gasteiger partial charge in [0.25, 0.3) is 0 Å². The molecule has 0 radical (unpaired) electrons. The Kier molecular flexibility index (Phi) is 6.31. The maximum atomic E-state index is 11.6. The molecule has 1 fully saturated rings. The van der Waals surface area contributed by atoms with Crippen LogP contribution in [0.3, 0.4) is 0 Å². The third kappa shape index (κ3) is 5.41. The first-order valence-corrected chi connectivity index (χ1v) is 10.3. The summed E-state index contributed by atoms with van der Waals surface area (Å²) in [7, 11) is 2.11. The molecule has 0 saturated carbocycles. The van der Waals surface area contributed by atoms with Gasteiger partial charge in [0, 0.05) is 55.8 Å². The highest BCUT2D eigenvalue weighted by atomic mass is 16.5. The van der Waals surface area contributed by atoms with Gasteiger partial charge in [0.2, 0.25) is 5.91 Å². The zero-order valence-electron chi connectivity index (χ0n) is 18.1. The second-order valence-electron chi connectivity index (χ2n) is 7.57. The fourth-order valence-corrected chi connectivity index (χ4v) is 3.27. The van der Waals surface area contributed by atoms with Crippen molar-refractivity contribution in [3.05, 3.63) is 54.7 Å². The molecule has 10 heteroatoms. The molecule has 3 N–H and O–H groups in total. The number of piperazine rings is 1. The quantitative estimate of drug-likeness (QED) is 0.487. The third-order valence-electron chi connectivity index (χ3n) is 4.98. The fraction of sp³-hybridized carbons (Fsp3) is 0.273. The van der Waals surface area contributed by atoms with E-state index in [0.717, 1.165) is 37.7 Å². The number of amides is 1. The minimum Gasteiger partial charge on any atom is -0.424 e. The summed E-state index contributed by atoms with van der Waals surface area (Å²) < 4.78 is 5.97. The number of nitrogens with zero attached hydrogens (tertiary/aromatic N) is 5. The zero-order valence-corrected chi connectivity index (χ0v) is 18.1. The lowest BCUT2D eigenvalue weighted by molar-refractivity contribution is -0.111. The Morgan fingerprint density at radius 1 is 1.16 bits per heavy atom. The Balaban J connectivity index is 1.60. The number of carbonyl (C=O) groups is 1. The van der Waals surface area contributed by atoms with Crippen LogP contribution < -0.4 is 20.3 Å². The van der Waals surface area contributed by atoms with Crippen molar-refractivity contribution >= 4 is 29.0 Å². The minimum atomic E-state index is -0.295. The average Bonchev–Trinajstić information content (AvgIpc) is 3.18. The van der Waals surface area contributed by atoms with Crippen LogP contribution in [0.25, 0.3) is 0 Å². The van der Waals surface area contributed by atoms with E-state index in [1.54, 1.807) is 24.3 Å². The van der Waals surface area contributed by atoms with Crippen LogP contribution in [0.15, 0.2) is 49.1 Å². The molecule has 2 aromatic heterocycles. The van der Waals surface area contributed by atoms with Gasteiger partial charge in [-0.15, -0.1) is 0 Å². The lowest BCUT2D eigenvalue weighted by Gasteiger charge is -2.33. The Labute approximate surface area is 186 Å². The SMILES string of the molecule is C=CC(=O)Nc1cccc(Oc2nc(Nc3cc(C)[nH]n3)cc(N3CCN(C)CC3)n2)c1. The highest BCUT2D eigenvalue weighted by Gasteiger charge is 2.18. The smallest absolute Gasteiger partial charge is 0.325 e. The van der Waals surface area contributed by atoms with Gasteiger partial charge in [0.1, 0.15) is 17.4 Å². The number of benzene rings is 1. The van der Waals surface area contributed by atoms with Gasteiger partial charge in [0.05, 0.1) is 0 Å². The maximum Gasteiger partial charge on any atom is 0.325 e. The number of H-pyrrole nitrogens is 1. The molecule has 1 aromatic carbocycles. The predicted octanol–water partition coefficient (Wildman–Crippen LogP) is 2.92. The molecule has 166 valence electrons. The molecule has 1 aliphatic rings. The third-order valence-corrected chi connectivity index (χ3v) is 4.98. The largest absolute Gasteiger partial charge is 0.424 e. The van der Waals surface area contributed by atoms with Gasteiger partial charge in [-0.3, -0.25) is 9.89 Å². The number of hydrogen-bond acceptors (Lipinski definition) is 8. The standard InChI is InChI=1S/C22H26N8O2/c1-4-21(31)23-16-6-5-7-17(13-16)32-22-25-18(24-19-12-15(2)27-28-19)14-20(26-22)30-10-8-29(3)9-11-30/h4-7,12-14H,1,8-11H2,2-3H3,(H,23,31)(H2,24,25,26,27,28). The summed E-state index contributed by atoms with van der Waals surface area (Å²) in [6.07, 6.45) is 1.21. The molecular weight excluding hydrogens is 408 g/mol. The molecular formula is C22H26N8O2. The van der Waals surface area contributed by atoms with E-state index in [2.05, 4.69) is 54.2 Å². The Morgan fingerprint density at radius 3 is 2.69 bits per heavy atom. The van der Waals surface area contributed by atoms with Gasteiger partial charge in [-0.05, 0) is 32.2 Å². The maximum absolute atomic E-state index is 11.6. The Morgan fingerprint density at radius 2 is 1.97 bits per heavy atom. The fourth-order valence-electron chi connectivity index (χ4n) is 3.27. The molecule has 3 heterocycles. The topological polar surface area (TPSA) is 111 Å². The molecule has 32 heavy (non-hydrogen) atoms. The molecule has 0 aliphatic carbocycles. The number of aromatic nitrogens is 4. The molecule has 0 bridgehead atoms. The second-order valence-corrected chi connectivity index (χ2v) is 7.57. The van der Waals surface area contributed by atoms with Crippen molar-refractivity contribution in [2.75, 3.05) is 48.8 Å². The molecule has 1 amide bonds. The van der Waals surface area contributed by atoms with Crippen molar-refractivity contribution in [1.29, 1.82) is 0 Å². The molecule has 1 saturated heterocycles. The summed E-state index contributed by atoms with van der Waals surface area (Å²) in [4.78, 5) is 25.2. The van der Waals surface area contributed by atoms with Gasteiger partial charge >= 0.3 is 6.01 Å². The van der Waals surface area contributed by atoms with Crippen LogP contribution in [-0.4, -0.2) is 64.2 Å². The molecule has 0 unspecified atom stereocenters. The van der Waals surface area contributed by atoms with E-state index in [0.29, 0.717) is 23.1 Å². The number of rotatable bonds is 7. The van der Waals surface area contributed by atoms with Crippen LogP contribution >= 0.6 is 0 Å². The highest BCUT2D eigenvalue weighted by molar-refractivity contribution is 5.98. The van der Waals surface area contributed by atoms with Gasteiger partial charge in [-0.1, -0.05) is 12.6 Å². The van der Waals surface area contributed by atoms with Crippen LogP contribution in [0.2, 0.25) is 0 Å². The van der Waals surface area contributed by atoms with E-state index in [4.69, 9.17) is 4.74 Å². The second kappa shape index (κ2) is 9.48. The van der Waals surface area contributed by atoms with Crippen molar-refractivity contribution in [2.45, 2.75) is 6.92 Å². The number of hydrogen-bond donors (Lipinski definition) is 3. The normalized spacial score (nSPS) is 14.1. The van der Waals surface area contributed by atoms with Crippen molar-refractivity contribution in [2.24, 2.45) is 0 Å². The zero-order chi connectivity index (χ0) is 22.5. The van der Waals surface area contributed by atoms with Gasteiger partial charge in [0.15, 0.2) is 5.82 Å². The number of nitrogens with one attached hydrogen (secondary N) is 3. The van der Waals surface area contributed by atoms with E-state index in [-0.39, 0.29) is 11.9 Å². The highest BCUT2D eigenvalue weighted by Crippen LogP contribution is 2.27. The number of aryl methyl sites for hydroxylation is 1. The van der Waals surface area contributed by atoms with Crippen molar-refractivity contribution in [3.63, 3.8) is 0 Å². The summed E-state index contributed by atoms with van der Waals surface area (Å²) in [5.74, 6) is 2.21. The average molecular weight is 435 g/mol. The van der Waals surface area contributed by atoms with Crippen molar-refractivity contribution < 1.29 is 9.53 Å². The van der Waals surface area contributed by atoms with Crippen LogP contribution in [-0.2, 0) is 4.79 Å². The lowest BCUT2D eigenvalue weighted by atomic mass is 10.3. The van der Waals surface area contributed by atoms with Crippen LogP contribution in [0.5, 0.6) is 11.8 Å². The molecule has 10 nitrogen and oxygen atoms in total. The molecule has 0 atom stereocenters. The van der Waals surface area contributed by atoms with E-state index in [1.807, 2.05) is 19.1 Å². The number of anilines is 4. The van der Waals surface area contributed by atoms with Crippen LogP contribution in [0.1, 0.15) is 5.69 Å². The van der Waals surface area contributed by atoms with E-state index < -0.39 is 0 Å². The Bertz CT molecular complexity index is 1100. The first-order valence-electron chi connectivity index (χ1n) is 10.3. The number of likely N-dealkylation sites (N-methyl/N-ethyl adjacent to an activating group) is 1. The lowest BCUT2D eigenvalue weighted by Crippen LogP contribution is -2.44. The summed E-state index contributed by atoms with van der Waals surface area (Å²) in [5, 5.41) is 13.0. The monoisotopic (exact) mass is 434 g/mol. The van der Waals surface area contributed by atoms with Gasteiger partial charge < -0.3 is 25.2 Å². The van der Waals surface area contributed by atoms with E-state index >= 15 is 0 Å². The van der Waals surface area contributed by atoms with Crippen molar-refractivity contribution in [3.8, 4) is 11.8 Å². The Hall–Kier alpha value is -3.92. The number of aromatic amines is 1. The van der Waals surface area contributed by atoms with Crippen molar-refractivity contribution in [1.82, 2.24) is 25.1 Å². The summed E-state index contributed by atoms with van der Waals surface area (Å²) in [6, 6.07) is 11.0. The first kappa shape index (κ1) is 21.3. The molecule has 0 spiro atoms. The van der Waals surface area contributed by atoms with E-state index in [9.17, 15) is 4.79 Å².